The van der Waals surface area contributed by atoms with Crippen molar-refractivity contribution in [3.63, 3.8) is 0 Å². The number of nitrogens with zero attached hydrogens (tertiary/aromatic N) is 1. The molecule has 0 aliphatic rings. The van der Waals surface area contributed by atoms with Crippen LogP contribution in [0.3, 0.4) is 0 Å². The lowest BCUT2D eigenvalue weighted by Crippen LogP contribution is -2.42. The molecular weight excluding hydrogens is 300 g/mol. The molecule has 0 bridgehead atoms. The van der Waals surface area contributed by atoms with E-state index in [4.69, 9.17) is 0 Å². The molecule has 124 valence electrons. The van der Waals surface area contributed by atoms with Gasteiger partial charge in [-0.3, -0.25) is 4.79 Å². The van der Waals surface area contributed by atoms with Crippen molar-refractivity contribution in [2.24, 2.45) is 0 Å². The van der Waals surface area contributed by atoms with Crippen molar-refractivity contribution in [1.82, 2.24) is 9.62 Å². The lowest BCUT2D eigenvalue weighted by Gasteiger charge is -2.21. The van der Waals surface area contributed by atoms with Crippen LogP contribution >= 0.6 is 0 Å². The summed E-state index contributed by atoms with van der Waals surface area (Å²) in [6.07, 6.45) is 1.94. The summed E-state index contributed by atoms with van der Waals surface area (Å²) in [5, 5.41) is 2.71. The largest absolute Gasteiger partial charge is 0.353 e. The minimum Gasteiger partial charge on any atom is -0.353 e. The number of amides is 1. The zero-order valence-electron chi connectivity index (χ0n) is 13.8. The molecule has 0 heterocycles. The molecule has 0 aliphatic carbocycles. The molecule has 0 unspecified atom stereocenters. The van der Waals surface area contributed by atoms with E-state index in [1.54, 1.807) is 19.1 Å². The van der Waals surface area contributed by atoms with Crippen LogP contribution in [0.15, 0.2) is 29.2 Å². The summed E-state index contributed by atoms with van der Waals surface area (Å²) in [7, 11) is -3.64. The van der Waals surface area contributed by atoms with Crippen molar-refractivity contribution < 1.29 is 13.2 Å². The molecule has 0 fully saturated rings. The number of carbonyl (C=O) groups excluding carboxylic acids is 1. The molecule has 0 spiro atoms. The van der Waals surface area contributed by atoms with Crippen molar-refractivity contribution in [1.29, 1.82) is 0 Å². The van der Waals surface area contributed by atoms with Gasteiger partial charge in [0.25, 0.3) is 0 Å². The molecule has 0 atom stereocenters. The number of carbonyl (C=O) groups is 1. The van der Waals surface area contributed by atoms with Crippen LogP contribution in [0.5, 0.6) is 0 Å². The second kappa shape index (κ2) is 8.29. The predicted octanol–water partition coefficient (Wildman–Crippen LogP) is 2.17. The van der Waals surface area contributed by atoms with E-state index in [1.807, 2.05) is 26.0 Å². The van der Waals surface area contributed by atoms with Gasteiger partial charge in [-0.25, -0.2) is 8.42 Å². The number of aryl methyl sites for hydroxylation is 1. The van der Waals surface area contributed by atoms with Crippen LogP contribution in [0.2, 0.25) is 0 Å². The highest BCUT2D eigenvalue weighted by molar-refractivity contribution is 7.89. The second-order valence-electron chi connectivity index (χ2n) is 5.55. The van der Waals surface area contributed by atoms with Crippen molar-refractivity contribution in [3.8, 4) is 0 Å². The number of benzene rings is 1. The molecule has 0 saturated carbocycles. The Hall–Kier alpha value is -1.40. The van der Waals surface area contributed by atoms with Gasteiger partial charge in [0, 0.05) is 12.6 Å². The Kier molecular flexibility index (Phi) is 7.03. The average molecular weight is 326 g/mol. The molecule has 0 aromatic heterocycles. The van der Waals surface area contributed by atoms with Crippen LogP contribution in [0, 0.1) is 0 Å². The van der Waals surface area contributed by atoms with Gasteiger partial charge in [0.05, 0.1) is 11.4 Å². The highest BCUT2D eigenvalue weighted by Gasteiger charge is 2.25. The fourth-order valence-electron chi connectivity index (χ4n) is 2.16. The predicted molar refractivity (Wildman–Crippen MR) is 88.1 cm³/mol. The Balaban J connectivity index is 2.91. The summed E-state index contributed by atoms with van der Waals surface area (Å²) >= 11 is 0. The van der Waals surface area contributed by atoms with E-state index < -0.39 is 10.0 Å². The first-order chi connectivity index (χ1) is 10.3. The number of likely N-dealkylation sites (N-methyl/N-ethyl adjacent to an activating group) is 1. The van der Waals surface area contributed by atoms with Crippen LogP contribution in [-0.4, -0.2) is 37.8 Å². The Bertz CT molecular complexity index is 580. The molecule has 1 aromatic carbocycles. The smallest absolute Gasteiger partial charge is 0.243 e. The van der Waals surface area contributed by atoms with E-state index in [-0.39, 0.29) is 29.9 Å². The quantitative estimate of drug-likeness (QED) is 0.796. The van der Waals surface area contributed by atoms with E-state index in [0.29, 0.717) is 0 Å². The third-order valence-corrected chi connectivity index (χ3v) is 5.16. The highest BCUT2D eigenvalue weighted by atomic mass is 32.2. The van der Waals surface area contributed by atoms with Gasteiger partial charge in [-0.1, -0.05) is 32.4 Å². The topological polar surface area (TPSA) is 66.5 Å². The number of sulfonamides is 1. The lowest BCUT2D eigenvalue weighted by molar-refractivity contribution is -0.121. The first-order valence-electron chi connectivity index (χ1n) is 7.69. The summed E-state index contributed by atoms with van der Waals surface area (Å²) in [5.74, 6) is -0.289. The number of hydrogen-bond acceptors (Lipinski definition) is 3. The molecule has 0 saturated heterocycles. The first-order valence-corrected chi connectivity index (χ1v) is 9.13. The monoisotopic (exact) mass is 326 g/mol. The van der Waals surface area contributed by atoms with Crippen molar-refractivity contribution >= 4 is 15.9 Å². The van der Waals surface area contributed by atoms with Crippen molar-refractivity contribution in [3.05, 3.63) is 29.8 Å². The molecule has 6 heteroatoms. The molecule has 0 aliphatic heterocycles. The van der Waals surface area contributed by atoms with Crippen molar-refractivity contribution in [2.75, 3.05) is 13.1 Å². The van der Waals surface area contributed by atoms with Gasteiger partial charge in [-0.05, 0) is 38.0 Å². The third-order valence-electron chi connectivity index (χ3n) is 3.22. The standard InChI is InChI=1S/C16H26N2O3S/c1-5-7-14-8-10-15(11-9-14)22(20,21)18(6-2)12-16(19)17-13(3)4/h8-11,13H,5-7,12H2,1-4H3,(H,17,19). The summed E-state index contributed by atoms with van der Waals surface area (Å²) < 4.78 is 26.4. The molecule has 1 amide bonds. The fraction of sp³-hybridized carbons (Fsp3) is 0.562. The zero-order valence-corrected chi connectivity index (χ0v) is 14.6. The molecule has 5 nitrogen and oxygen atoms in total. The molecule has 1 rings (SSSR count). The molecule has 22 heavy (non-hydrogen) atoms. The van der Waals surface area contributed by atoms with Gasteiger partial charge < -0.3 is 5.32 Å². The van der Waals surface area contributed by atoms with Crippen LogP contribution in [0.25, 0.3) is 0 Å². The van der Waals surface area contributed by atoms with E-state index in [1.165, 1.54) is 4.31 Å². The summed E-state index contributed by atoms with van der Waals surface area (Å²) in [5.41, 5.74) is 1.11. The zero-order chi connectivity index (χ0) is 16.8. The second-order valence-corrected chi connectivity index (χ2v) is 7.49. The summed E-state index contributed by atoms with van der Waals surface area (Å²) in [6.45, 7) is 7.59. The summed E-state index contributed by atoms with van der Waals surface area (Å²) in [6, 6.07) is 6.88. The average Bonchev–Trinajstić information content (AvgIpc) is 2.44. The fourth-order valence-corrected chi connectivity index (χ4v) is 3.57. The third kappa shape index (κ3) is 5.10. The van der Waals surface area contributed by atoms with E-state index >= 15 is 0 Å². The van der Waals surface area contributed by atoms with Gasteiger partial charge in [0.15, 0.2) is 0 Å². The maximum absolute atomic E-state index is 12.6. The van der Waals surface area contributed by atoms with Gasteiger partial charge >= 0.3 is 0 Å². The number of nitrogens with one attached hydrogen (secondary N) is 1. The Morgan fingerprint density at radius 1 is 1.18 bits per heavy atom. The maximum atomic E-state index is 12.6. The van der Waals surface area contributed by atoms with E-state index in [2.05, 4.69) is 12.2 Å². The SMILES string of the molecule is CCCc1ccc(S(=O)(=O)N(CC)CC(=O)NC(C)C)cc1. The lowest BCUT2D eigenvalue weighted by atomic mass is 10.1. The highest BCUT2D eigenvalue weighted by Crippen LogP contribution is 2.17. The maximum Gasteiger partial charge on any atom is 0.243 e. The van der Waals surface area contributed by atoms with E-state index in [9.17, 15) is 13.2 Å². The first kappa shape index (κ1) is 18.6. The molecule has 1 N–H and O–H groups in total. The van der Waals surface area contributed by atoms with Crippen LogP contribution in [-0.2, 0) is 21.2 Å². The summed E-state index contributed by atoms with van der Waals surface area (Å²) in [4.78, 5) is 12.1. The Morgan fingerprint density at radius 2 is 1.77 bits per heavy atom. The van der Waals surface area contributed by atoms with Crippen LogP contribution < -0.4 is 5.32 Å². The Morgan fingerprint density at radius 3 is 2.23 bits per heavy atom. The van der Waals surface area contributed by atoms with Gasteiger partial charge in [-0.15, -0.1) is 0 Å². The van der Waals surface area contributed by atoms with Crippen LogP contribution in [0.4, 0.5) is 0 Å². The number of rotatable bonds is 8. The molecular formula is C16H26N2O3S. The van der Waals surface area contributed by atoms with Gasteiger partial charge in [-0.2, -0.15) is 4.31 Å². The minimum absolute atomic E-state index is 0.0118. The van der Waals surface area contributed by atoms with E-state index in [0.717, 1.165) is 18.4 Å². The Labute approximate surface area is 133 Å². The number of hydrogen-bond donors (Lipinski definition) is 1. The van der Waals surface area contributed by atoms with Crippen LogP contribution in [0.1, 0.15) is 39.7 Å². The molecule has 0 radical (unpaired) electrons. The molecule has 1 aromatic rings. The normalized spacial score (nSPS) is 11.9. The minimum atomic E-state index is -3.64. The van der Waals surface area contributed by atoms with Gasteiger partial charge in [0.1, 0.15) is 0 Å². The van der Waals surface area contributed by atoms with Crippen molar-refractivity contribution in [2.45, 2.75) is 51.5 Å². The van der Waals surface area contributed by atoms with Gasteiger partial charge in [0.2, 0.25) is 15.9 Å².